The van der Waals surface area contributed by atoms with Crippen molar-refractivity contribution in [3.8, 4) is 0 Å². The molecule has 1 saturated heterocycles. The Hall–Kier alpha value is -2.90. The molecule has 0 aromatic carbocycles. The fourth-order valence-electron chi connectivity index (χ4n) is 3.35. The van der Waals surface area contributed by atoms with E-state index in [9.17, 15) is 14.4 Å². The lowest BCUT2D eigenvalue weighted by molar-refractivity contribution is -0.138. The van der Waals surface area contributed by atoms with E-state index in [1.165, 1.54) is 10.6 Å². The molecule has 2 amide bonds. The summed E-state index contributed by atoms with van der Waals surface area (Å²) in [7, 11) is 3.59. The van der Waals surface area contributed by atoms with Crippen molar-refractivity contribution in [1.82, 2.24) is 24.3 Å². The first kappa shape index (κ1) is 17.9. The number of amides is 2. The number of carbonyl (C=O) groups excluding carboxylic acids is 2. The highest BCUT2D eigenvalue weighted by molar-refractivity contribution is 5.79. The summed E-state index contributed by atoms with van der Waals surface area (Å²) in [6, 6.07) is 2.69. The van der Waals surface area contributed by atoms with Crippen LogP contribution in [0.1, 0.15) is 30.3 Å². The van der Waals surface area contributed by atoms with Gasteiger partial charge in [-0.25, -0.2) is 4.98 Å². The molecule has 2 aromatic rings. The third-order valence-electron chi connectivity index (χ3n) is 4.80. The maximum atomic E-state index is 12.5. The molecular weight excluding hydrogens is 334 g/mol. The van der Waals surface area contributed by atoms with Crippen LogP contribution in [0.15, 0.2) is 35.5 Å². The molecule has 0 unspecified atom stereocenters. The summed E-state index contributed by atoms with van der Waals surface area (Å²) >= 11 is 0. The van der Waals surface area contributed by atoms with E-state index in [-0.39, 0.29) is 36.0 Å². The Morgan fingerprint density at radius 1 is 1.31 bits per heavy atom. The summed E-state index contributed by atoms with van der Waals surface area (Å²) < 4.78 is 3.22. The summed E-state index contributed by atoms with van der Waals surface area (Å²) in [6.45, 7) is 1.78. The third kappa shape index (κ3) is 3.54. The number of likely N-dealkylation sites (tertiary alicyclic amines) is 1. The van der Waals surface area contributed by atoms with E-state index >= 15 is 0 Å². The Morgan fingerprint density at radius 3 is 2.73 bits per heavy atom. The number of pyridine rings is 1. The third-order valence-corrected chi connectivity index (χ3v) is 4.80. The smallest absolute Gasteiger partial charge is 0.251 e. The van der Waals surface area contributed by atoms with Crippen molar-refractivity contribution in [3.63, 3.8) is 0 Å². The summed E-state index contributed by atoms with van der Waals surface area (Å²) in [5.41, 5.74) is 0.644. The van der Waals surface area contributed by atoms with Gasteiger partial charge in [0.1, 0.15) is 18.4 Å². The van der Waals surface area contributed by atoms with Crippen molar-refractivity contribution in [2.45, 2.75) is 38.4 Å². The Morgan fingerprint density at radius 2 is 2.08 bits per heavy atom. The average molecular weight is 357 g/mol. The minimum Gasteiger partial charge on any atom is -0.349 e. The van der Waals surface area contributed by atoms with Gasteiger partial charge in [-0.2, -0.15) is 0 Å². The maximum Gasteiger partial charge on any atom is 0.251 e. The van der Waals surface area contributed by atoms with Gasteiger partial charge in [-0.1, -0.05) is 0 Å². The van der Waals surface area contributed by atoms with Crippen LogP contribution in [0.2, 0.25) is 0 Å². The average Bonchev–Trinajstić information content (AvgIpc) is 3.00. The second-order valence-electron chi connectivity index (χ2n) is 6.73. The minimum absolute atomic E-state index is 0.0262. The van der Waals surface area contributed by atoms with Crippen LogP contribution in [-0.2, 0) is 23.2 Å². The van der Waals surface area contributed by atoms with Crippen molar-refractivity contribution in [2.75, 3.05) is 7.05 Å². The summed E-state index contributed by atoms with van der Waals surface area (Å²) in [5, 5.41) is 2.98. The van der Waals surface area contributed by atoms with Crippen molar-refractivity contribution >= 4 is 11.8 Å². The summed E-state index contributed by atoms with van der Waals surface area (Å²) in [4.78, 5) is 42.6. The van der Waals surface area contributed by atoms with Gasteiger partial charge >= 0.3 is 0 Å². The number of aryl methyl sites for hydroxylation is 2. The van der Waals surface area contributed by atoms with Crippen LogP contribution in [-0.4, -0.2) is 43.9 Å². The van der Waals surface area contributed by atoms with Gasteiger partial charge in [0.05, 0.1) is 6.04 Å². The van der Waals surface area contributed by atoms with Crippen molar-refractivity contribution < 1.29 is 9.59 Å². The molecule has 26 heavy (non-hydrogen) atoms. The molecule has 138 valence electrons. The van der Waals surface area contributed by atoms with Crippen LogP contribution < -0.4 is 10.9 Å². The van der Waals surface area contributed by atoms with Gasteiger partial charge in [0.25, 0.3) is 5.56 Å². The van der Waals surface area contributed by atoms with Crippen molar-refractivity contribution in [2.24, 2.45) is 7.05 Å². The molecule has 2 atom stereocenters. The largest absolute Gasteiger partial charge is 0.349 e. The normalized spacial score (nSPS) is 20.3. The fraction of sp³-hybridized carbons (Fsp3) is 0.444. The van der Waals surface area contributed by atoms with Crippen LogP contribution >= 0.6 is 0 Å². The zero-order chi connectivity index (χ0) is 18.8. The Kier molecular flexibility index (Phi) is 4.92. The van der Waals surface area contributed by atoms with Crippen LogP contribution in [0.4, 0.5) is 0 Å². The molecular formula is C18H23N5O3. The Labute approximate surface area is 151 Å². The van der Waals surface area contributed by atoms with Crippen molar-refractivity contribution in [1.29, 1.82) is 0 Å². The maximum absolute atomic E-state index is 12.5. The first-order valence-corrected chi connectivity index (χ1v) is 8.56. The molecule has 0 saturated carbocycles. The molecule has 0 spiro atoms. The van der Waals surface area contributed by atoms with Gasteiger partial charge in [0.2, 0.25) is 11.8 Å². The van der Waals surface area contributed by atoms with E-state index in [0.29, 0.717) is 12.8 Å². The number of hydrogen-bond donors (Lipinski definition) is 1. The second-order valence-corrected chi connectivity index (χ2v) is 6.73. The molecule has 0 bridgehead atoms. The predicted octanol–water partition coefficient (Wildman–Crippen LogP) is 0.369. The zero-order valence-corrected chi connectivity index (χ0v) is 15.2. The van der Waals surface area contributed by atoms with Gasteiger partial charge < -0.3 is 19.4 Å². The molecule has 2 aromatic heterocycles. The molecule has 3 heterocycles. The lowest BCUT2D eigenvalue weighted by atomic mass is 9.95. The molecule has 1 aliphatic heterocycles. The monoisotopic (exact) mass is 357 g/mol. The number of imidazole rings is 1. The van der Waals surface area contributed by atoms with E-state index in [0.717, 1.165) is 11.4 Å². The topological polar surface area (TPSA) is 89.2 Å². The van der Waals surface area contributed by atoms with E-state index in [4.69, 9.17) is 0 Å². The van der Waals surface area contributed by atoms with Crippen LogP contribution in [0, 0.1) is 6.92 Å². The summed E-state index contributed by atoms with van der Waals surface area (Å²) in [6.07, 6.45) is 6.01. The van der Waals surface area contributed by atoms with E-state index < -0.39 is 0 Å². The lowest BCUT2D eigenvalue weighted by Crippen LogP contribution is -2.52. The molecule has 8 heteroatoms. The first-order chi connectivity index (χ1) is 12.4. The van der Waals surface area contributed by atoms with Gasteiger partial charge in [-0.3, -0.25) is 14.4 Å². The van der Waals surface area contributed by atoms with Gasteiger partial charge in [-0.05, 0) is 25.0 Å². The molecule has 0 aliphatic carbocycles. The molecule has 0 radical (unpaired) electrons. The number of nitrogens with zero attached hydrogens (tertiary/aromatic N) is 4. The number of aromatic nitrogens is 3. The first-order valence-electron chi connectivity index (χ1n) is 8.56. The Balaban J connectivity index is 1.78. The number of piperidine rings is 1. The molecule has 8 nitrogen and oxygen atoms in total. The van der Waals surface area contributed by atoms with Crippen LogP contribution in [0.25, 0.3) is 0 Å². The number of nitrogens with one attached hydrogen (secondary N) is 1. The SMILES string of the molecule is Cc1ccn(CC(=O)N[C@@H]2CCC(=O)N(C)[C@H]2c2nccn2C)c(=O)c1. The predicted molar refractivity (Wildman–Crippen MR) is 95.3 cm³/mol. The standard InChI is InChI=1S/C18H23N5O3/c1-12-6-8-23(16(26)10-12)11-14(24)20-13-4-5-15(25)22(3)17(13)18-19-7-9-21(18)2/h6-10,13,17H,4-5,11H2,1-3H3,(H,20,24)/t13-,17-/m1/s1. The van der Waals surface area contributed by atoms with Gasteiger partial charge in [0.15, 0.2) is 0 Å². The Bertz CT molecular complexity index is 885. The van der Waals surface area contributed by atoms with Gasteiger partial charge in [0, 0.05) is 45.2 Å². The van der Waals surface area contributed by atoms with Crippen LogP contribution in [0.5, 0.6) is 0 Å². The highest BCUT2D eigenvalue weighted by Crippen LogP contribution is 2.29. The van der Waals surface area contributed by atoms with E-state index in [2.05, 4.69) is 10.3 Å². The highest BCUT2D eigenvalue weighted by atomic mass is 16.2. The number of likely N-dealkylation sites (N-methyl/N-ethyl adjacent to an activating group) is 1. The minimum atomic E-state index is -0.338. The van der Waals surface area contributed by atoms with E-state index in [1.807, 2.05) is 24.7 Å². The van der Waals surface area contributed by atoms with Crippen LogP contribution in [0.3, 0.4) is 0 Å². The number of rotatable bonds is 4. The molecule has 1 N–H and O–H groups in total. The van der Waals surface area contributed by atoms with Gasteiger partial charge in [-0.15, -0.1) is 0 Å². The number of hydrogen-bond acceptors (Lipinski definition) is 4. The lowest BCUT2D eigenvalue weighted by Gasteiger charge is -2.38. The number of carbonyl (C=O) groups is 2. The highest BCUT2D eigenvalue weighted by Gasteiger charge is 2.37. The quantitative estimate of drug-likeness (QED) is 0.856. The zero-order valence-electron chi connectivity index (χ0n) is 15.2. The van der Waals surface area contributed by atoms with Crippen molar-refractivity contribution in [3.05, 3.63) is 52.5 Å². The fourth-order valence-corrected chi connectivity index (χ4v) is 3.35. The second kappa shape index (κ2) is 7.15. The summed E-state index contributed by atoms with van der Waals surface area (Å²) in [5.74, 6) is 0.486. The molecule has 1 aliphatic rings. The molecule has 3 rings (SSSR count). The molecule has 1 fully saturated rings. The van der Waals surface area contributed by atoms with E-state index in [1.54, 1.807) is 30.4 Å².